The zero-order chi connectivity index (χ0) is 13.8. The quantitative estimate of drug-likeness (QED) is 0.847. The first-order chi connectivity index (χ1) is 8.34. The van der Waals surface area contributed by atoms with Crippen LogP contribution in [-0.2, 0) is 11.2 Å². The van der Waals surface area contributed by atoms with Crippen molar-refractivity contribution in [2.24, 2.45) is 5.41 Å². The molecule has 0 saturated heterocycles. The van der Waals surface area contributed by atoms with Crippen LogP contribution in [0.15, 0.2) is 4.52 Å². The van der Waals surface area contributed by atoms with E-state index in [2.05, 4.69) is 30.9 Å². The highest BCUT2D eigenvalue weighted by Crippen LogP contribution is 2.34. The molecular formula is C13H24N2O3. The standard InChI is InChI=1S/C13H24N2O3/c1-6-17-11(13(3,4)5)12-14-10(18-15-12)8-7-9(2)16/h9,11,16H,6-8H2,1-5H3. The maximum Gasteiger partial charge on any atom is 0.226 e. The van der Waals surface area contributed by atoms with E-state index in [9.17, 15) is 5.11 Å². The summed E-state index contributed by atoms with van der Waals surface area (Å²) in [5.74, 6) is 1.14. The lowest BCUT2D eigenvalue weighted by Gasteiger charge is -2.27. The number of aromatic nitrogens is 2. The van der Waals surface area contributed by atoms with Gasteiger partial charge in [-0.05, 0) is 25.7 Å². The average molecular weight is 256 g/mol. The number of aliphatic hydroxyl groups excluding tert-OH is 1. The molecule has 5 nitrogen and oxygen atoms in total. The van der Waals surface area contributed by atoms with Crippen LogP contribution in [0.4, 0.5) is 0 Å². The van der Waals surface area contributed by atoms with Crippen LogP contribution >= 0.6 is 0 Å². The van der Waals surface area contributed by atoms with E-state index in [1.165, 1.54) is 0 Å². The Hall–Kier alpha value is -0.940. The normalized spacial score (nSPS) is 15.7. The molecule has 0 aliphatic rings. The summed E-state index contributed by atoms with van der Waals surface area (Å²) in [4.78, 5) is 4.35. The SMILES string of the molecule is CCOC(c1noc(CCC(C)O)n1)C(C)(C)C. The van der Waals surface area contributed by atoms with E-state index in [0.29, 0.717) is 31.2 Å². The third kappa shape index (κ3) is 4.38. The van der Waals surface area contributed by atoms with E-state index in [0.717, 1.165) is 0 Å². The number of ether oxygens (including phenoxy) is 1. The molecule has 18 heavy (non-hydrogen) atoms. The summed E-state index contributed by atoms with van der Waals surface area (Å²) in [6.45, 7) is 10.6. The van der Waals surface area contributed by atoms with Gasteiger partial charge in [0, 0.05) is 13.0 Å². The number of nitrogens with zero attached hydrogens (tertiary/aromatic N) is 2. The Labute approximate surface area is 109 Å². The first kappa shape index (κ1) is 15.1. The summed E-state index contributed by atoms with van der Waals surface area (Å²) in [7, 11) is 0. The molecule has 0 aliphatic carbocycles. The van der Waals surface area contributed by atoms with E-state index in [1.54, 1.807) is 6.92 Å². The third-order valence-corrected chi connectivity index (χ3v) is 2.61. The number of hydrogen-bond donors (Lipinski definition) is 1. The fourth-order valence-electron chi connectivity index (χ4n) is 1.69. The van der Waals surface area contributed by atoms with Crippen LogP contribution < -0.4 is 0 Å². The molecule has 1 aromatic heterocycles. The summed E-state index contributed by atoms with van der Waals surface area (Å²) < 4.78 is 10.9. The molecule has 0 fully saturated rings. The first-order valence-corrected chi connectivity index (χ1v) is 6.46. The molecule has 104 valence electrons. The molecule has 1 heterocycles. The van der Waals surface area contributed by atoms with Crippen LogP contribution in [-0.4, -0.2) is 28.0 Å². The lowest BCUT2D eigenvalue weighted by molar-refractivity contribution is -0.0203. The Morgan fingerprint density at radius 3 is 2.56 bits per heavy atom. The van der Waals surface area contributed by atoms with Crippen LogP contribution in [0.1, 0.15) is 58.9 Å². The van der Waals surface area contributed by atoms with Crippen molar-refractivity contribution in [2.45, 2.75) is 59.7 Å². The molecule has 0 radical (unpaired) electrons. The molecule has 2 unspecified atom stereocenters. The Balaban J connectivity index is 2.75. The molecule has 0 saturated carbocycles. The number of aryl methyl sites for hydroxylation is 1. The van der Waals surface area contributed by atoms with Gasteiger partial charge in [0.2, 0.25) is 11.7 Å². The molecule has 0 aliphatic heterocycles. The fraction of sp³-hybridized carbons (Fsp3) is 0.846. The van der Waals surface area contributed by atoms with Crippen LogP contribution in [0.5, 0.6) is 0 Å². The van der Waals surface area contributed by atoms with E-state index >= 15 is 0 Å². The van der Waals surface area contributed by atoms with Gasteiger partial charge in [0.25, 0.3) is 0 Å². The maximum absolute atomic E-state index is 9.23. The minimum atomic E-state index is -0.356. The Kier molecular flexibility index (Phi) is 5.28. The molecule has 1 rings (SSSR count). The van der Waals surface area contributed by atoms with Crippen molar-refractivity contribution in [1.29, 1.82) is 0 Å². The second kappa shape index (κ2) is 6.29. The van der Waals surface area contributed by atoms with Crippen molar-refractivity contribution in [3.8, 4) is 0 Å². The minimum Gasteiger partial charge on any atom is -0.393 e. The van der Waals surface area contributed by atoms with Gasteiger partial charge >= 0.3 is 0 Å². The predicted octanol–water partition coefficient (Wildman–Crippen LogP) is 2.51. The van der Waals surface area contributed by atoms with Gasteiger partial charge in [-0.15, -0.1) is 0 Å². The lowest BCUT2D eigenvalue weighted by atomic mass is 9.88. The summed E-state index contributed by atoms with van der Waals surface area (Å²) in [6.07, 6.45) is 0.682. The van der Waals surface area contributed by atoms with Crippen LogP contribution in [0, 0.1) is 5.41 Å². The largest absolute Gasteiger partial charge is 0.393 e. The summed E-state index contributed by atoms with van der Waals surface area (Å²) in [5.41, 5.74) is -0.0819. The lowest BCUT2D eigenvalue weighted by Crippen LogP contribution is -2.22. The van der Waals surface area contributed by atoms with Gasteiger partial charge in [-0.1, -0.05) is 25.9 Å². The van der Waals surface area contributed by atoms with Crippen molar-refractivity contribution < 1.29 is 14.4 Å². The molecule has 0 bridgehead atoms. The average Bonchev–Trinajstić information content (AvgIpc) is 2.69. The van der Waals surface area contributed by atoms with Crippen LogP contribution in [0.3, 0.4) is 0 Å². The topological polar surface area (TPSA) is 68.4 Å². The van der Waals surface area contributed by atoms with Gasteiger partial charge in [-0.2, -0.15) is 4.98 Å². The summed E-state index contributed by atoms with van der Waals surface area (Å²) in [5, 5.41) is 13.2. The molecule has 1 aromatic rings. The number of aliphatic hydroxyl groups is 1. The molecule has 5 heteroatoms. The second-order valence-corrected chi connectivity index (χ2v) is 5.64. The Morgan fingerprint density at radius 1 is 1.39 bits per heavy atom. The molecule has 0 aromatic carbocycles. The summed E-state index contributed by atoms with van der Waals surface area (Å²) >= 11 is 0. The van der Waals surface area contributed by atoms with Crippen LogP contribution in [0.2, 0.25) is 0 Å². The molecular weight excluding hydrogens is 232 g/mol. The Bertz CT molecular complexity index is 355. The van der Waals surface area contributed by atoms with Crippen molar-refractivity contribution >= 4 is 0 Å². The van der Waals surface area contributed by atoms with E-state index in [-0.39, 0.29) is 17.6 Å². The molecule has 0 amide bonds. The maximum atomic E-state index is 9.23. The van der Waals surface area contributed by atoms with Gasteiger partial charge in [-0.25, -0.2) is 0 Å². The second-order valence-electron chi connectivity index (χ2n) is 5.64. The highest BCUT2D eigenvalue weighted by molar-refractivity contribution is 4.96. The fourth-order valence-corrected chi connectivity index (χ4v) is 1.69. The van der Waals surface area contributed by atoms with Gasteiger partial charge in [0.15, 0.2) is 0 Å². The van der Waals surface area contributed by atoms with E-state index < -0.39 is 0 Å². The number of rotatable bonds is 6. The highest BCUT2D eigenvalue weighted by atomic mass is 16.5. The van der Waals surface area contributed by atoms with Gasteiger partial charge in [0.1, 0.15) is 6.10 Å². The van der Waals surface area contributed by atoms with Crippen molar-refractivity contribution in [3.05, 3.63) is 11.7 Å². The highest BCUT2D eigenvalue weighted by Gasteiger charge is 2.31. The van der Waals surface area contributed by atoms with Crippen molar-refractivity contribution in [2.75, 3.05) is 6.61 Å². The van der Waals surface area contributed by atoms with Crippen molar-refractivity contribution in [1.82, 2.24) is 10.1 Å². The van der Waals surface area contributed by atoms with Crippen LogP contribution in [0.25, 0.3) is 0 Å². The number of hydrogen-bond acceptors (Lipinski definition) is 5. The van der Waals surface area contributed by atoms with E-state index in [4.69, 9.17) is 9.26 Å². The monoisotopic (exact) mass is 256 g/mol. The zero-order valence-corrected chi connectivity index (χ0v) is 11.9. The molecule has 1 N–H and O–H groups in total. The minimum absolute atomic E-state index is 0.0819. The zero-order valence-electron chi connectivity index (χ0n) is 11.9. The Morgan fingerprint density at radius 2 is 2.06 bits per heavy atom. The molecule has 0 spiro atoms. The summed E-state index contributed by atoms with van der Waals surface area (Å²) in [6, 6.07) is 0. The third-order valence-electron chi connectivity index (χ3n) is 2.61. The van der Waals surface area contributed by atoms with Gasteiger partial charge < -0.3 is 14.4 Å². The smallest absolute Gasteiger partial charge is 0.226 e. The van der Waals surface area contributed by atoms with Gasteiger partial charge in [0.05, 0.1) is 6.10 Å². The van der Waals surface area contributed by atoms with Crippen molar-refractivity contribution in [3.63, 3.8) is 0 Å². The molecule has 2 atom stereocenters. The first-order valence-electron chi connectivity index (χ1n) is 6.46. The predicted molar refractivity (Wildman–Crippen MR) is 68.1 cm³/mol. The van der Waals surface area contributed by atoms with Gasteiger partial charge in [-0.3, -0.25) is 0 Å². The van der Waals surface area contributed by atoms with E-state index in [1.807, 2.05) is 6.92 Å².